The van der Waals surface area contributed by atoms with Gasteiger partial charge in [0.05, 0.1) is 0 Å². The smallest absolute Gasteiger partial charge is 0.387 e. The van der Waals surface area contributed by atoms with Gasteiger partial charge in [0.15, 0.2) is 0 Å². The van der Waals surface area contributed by atoms with Crippen molar-refractivity contribution in [1.29, 1.82) is 0 Å². The van der Waals surface area contributed by atoms with E-state index in [1.807, 2.05) is 6.07 Å². The minimum atomic E-state index is -2.96. The van der Waals surface area contributed by atoms with Crippen LogP contribution in [-0.4, -0.2) is 75.1 Å². The van der Waals surface area contributed by atoms with Gasteiger partial charge >= 0.3 is 12.6 Å². The summed E-state index contributed by atoms with van der Waals surface area (Å²) >= 11 is 0. The maximum absolute atomic E-state index is 13.9. The number of likely N-dealkylation sites (tertiary alicyclic amines) is 1. The highest BCUT2D eigenvalue weighted by Gasteiger charge is 2.60. The lowest BCUT2D eigenvalue weighted by molar-refractivity contribution is -0.133. The summed E-state index contributed by atoms with van der Waals surface area (Å²) < 4.78 is 30.5. The second kappa shape index (κ2) is 9.82. The molecule has 3 aliphatic heterocycles. The predicted molar refractivity (Wildman–Crippen MR) is 141 cm³/mol. The first kappa shape index (κ1) is 25.6. The van der Waals surface area contributed by atoms with Crippen LogP contribution in [-0.2, 0) is 11.2 Å². The number of aromatic nitrogens is 1. The van der Waals surface area contributed by atoms with Gasteiger partial charge in [0.1, 0.15) is 23.1 Å². The fourth-order valence-corrected chi connectivity index (χ4v) is 6.54. The SMILES string of the molecule is C[C@@]12Cc3c([nH]c4ccc(OC(F)F)cc34)[C@@H](c3cccc(O)c3)N1C(=O)N(CCCN1CCCCC1)C2=O. The average Bonchev–Trinajstić information content (AvgIpc) is 3.35. The Morgan fingerprint density at radius 3 is 2.64 bits per heavy atom. The first-order chi connectivity index (χ1) is 18.8. The minimum Gasteiger partial charge on any atom is -0.508 e. The molecule has 2 N–H and O–H groups in total. The molecule has 2 aromatic carbocycles. The summed E-state index contributed by atoms with van der Waals surface area (Å²) in [6.07, 6.45) is 4.52. The number of H-pyrrole nitrogens is 1. The quantitative estimate of drug-likeness (QED) is 0.413. The third kappa shape index (κ3) is 4.40. The van der Waals surface area contributed by atoms with Crippen molar-refractivity contribution >= 4 is 22.8 Å². The Labute approximate surface area is 225 Å². The second-order valence-corrected chi connectivity index (χ2v) is 10.9. The highest BCUT2D eigenvalue weighted by Crippen LogP contribution is 2.49. The van der Waals surface area contributed by atoms with Crippen molar-refractivity contribution in [3.63, 3.8) is 0 Å². The zero-order valence-corrected chi connectivity index (χ0v) is 21.8. The van der Waals surface area contributed by atoms with Crippen molar-refractivity contribution < 1.29 is 28.2 Å². The Hall–Kier alpha value is -3.66. The van der Waals surface area contributed by atoms with Crippen molar-refractivity contribution in [3.05, 3.63) is 59.3 Å². The molecule has 0 saturated carbocycles. The molecular weight excluding hydrogens is 506 g/mol. The van der Waals surface area contributed by atoms with Crippen molar-refractivity contribution in [2.75, 3.05) is 26.2 Å². The van der Waals surface area contributed by atoms with E-state index in [-0.39, 0.29) is 29.9 Å². The summed E-state index contributed by atoms with van der Waals surface area (Å²) in [5, 5.41) is 10.9. The molecule has 10 heteroatoms. The van der Waals surface area contributed by atoms with E-state index < -0.39 is 18.2 Å². The standard InChI is InChI=1S/C29H32F2N4O4/c1-29-17-22-21-16-20(39-27(30)31)9-10-23(21)32-24(22)25(18-7-5-8-19(36)15-18)35(29)28(38)34(26(29)37)14-6-13-33-11-3-2-4-12-33/h5,7-10,15-16,25,27,32,36H,2-4,6,11-14,17H2,1H3/t25-,29+/m1/s1. The molecule has 1 aromatic heterocycles. The largest absolute Gasteiger partial charge is 0.508 e. The van der Waals surface area contributed by atoms with E-state index in [0.29, 0.717) is 35.1 Å². The van der Waals surface area contributed by atoms with Gasteiger partial charge in [-0.05, 0) is 87.3 Å². The number of hydrogen-bond acceptors (Lipinski definition) is 5. The first-order valence-electron chi connectivity index (χ1n) is 13.5. The Bertz CT molecular complexity index is 1420. The van der Waals surface area contributed by atoms with Gasteiger partial charge in [-0.15, -0.1) is 0 Å². The van der Waals surface area contributed by atoms with Gasteiger partial charge in [-0.3, -0.25) is 14.6 Å². The van der Waals surface area contributed by atoms with Crippen LogP contribution >= 0.6 is 0 Å². The lowest BCUT2D eigenvalue weighted by atomic mass is 9.81. The summed E-state index contributed by atoms with van der Waals surface area (Å²) in [5.41, 5.74) is 1.62. The number of aromatic amines is 1. The molecule has 8 nitrogen and oxygen atoms in total. The number of amides is 3. The topological polar surface area (TPSA) is 89.1 Å². The number of fused-ring (bicyclic) bond motifs is 4. The number of aromatic hydroxyl groups is 1. The van der Waals surface area contributed by atoms with Crippen LogP contribution in [0.15, 0.2) is 42.5 Å². The molecule has 0 radical (unpaired) electrons. The lowest BCUT2D eigenvalue weighted by Crippen LogP contribution is -2.53. The van der Waals surface area contributed by atoms with Crippen molar-refractivity contribution in [2.45, 2.75) is 57.2 Å². The number of rotatable bonds is 7. The number of alkyl halides is 2. The molecular formula is C29H32F2N4O4. The van der Waals surface area contributed by atoms with Crippen molar-refractivity contribution in [3.8, 4) is 11.5 Å². The number of halogens is 2. The third-order valence-electron chi connectivity index (χ3n) is 8.35. The first-order valence-corrected chi connectivity index (χ1v) is 13.5. The van der Waals surface area contributed by atoms with Gasteiger partial charge in [0.2, 0.25) is 0 Å². The van der Waals surface area contributed by atoms with Crippen LogP contribution < -0.4 is 4.74 Å². The number of phenolic OH excluding ortho intramolecular Hbond substituents is 1. The van der Waals surface area contributed by atoms with Crippen LogP contribution in [0.25, 0.3) is 10.9 Å². The summed E-state index contributed by atoms with van der Waals surface area (Å²) in [6, 6.07) is 10.3. The molecule has 0 spiro atoms. The molecule has 2 saturated heterocycles. The minimum absolute atomic E-state index is 0.0222. The third-order valence-corrected chi connectivity index (χ3v) is 8.35. The van der Waals surface area contributed by atoms with Gasteiger partial charge in [0.25, 0.3) is 5.91 Å². The number of hydrogen-bond donors (Lipinski definition) is 2. The number of urea groups is 1. The zero-order valence-electron chi connectivity index (χ0n) is 21.8. The van der Waals surface area contributed by atoms with Gasteiger partial charge in [-0.1, -0.05) is 18.6 Å². The molecule has 6 rings (SSSR count). The number of carbonyl (C=O) groups excluding carboxylic acids is 2. The molecule has 3 amide bonds. The van der Waals surface area contributed by atoms with Gasteiger partial charge in [0, 0.05) is 29.6 Å². The number of ether oxygens (including phenoxy) is 1. The molecule has 0 aliphatic carbocycles. The van der Waals surface area contributed by atoms with E-state index in [9.17, 15) is 23.5 Å². The summed E-state index contributed by atoms with van der Waals surface area (Å²) in [6.45, 7) is 2.07. The number of benzene rings is 2. The summed E-state index contributed by atoms with van der Waals surface area (Å²) in [5.74, 6) is -0.202. The van der Waals surface area contributed by atoms with E-state index in [1.54, 1.807) is 42.2 Å². The van der Waals surface area contributed by atoms with Crippen molar-refractivity contribution in [1.82, 2.24) is 19.7 Å². The average molecular weight is 539 g/mol. The fraction of sp³-hybridized carbons (Fsp3) is 0.448. The van der Waals surface area contributed by atoms with Crippen LogP contribution in [0.3, 0.4) is 0 Å². The zero-order chi connectivity index (χ0) is 27.3. The molecule has 4 heterocycles. The molecule has 0 bridgehead atoms. The van der Waals surface area contributed by atoms with Crippen LogP contribution in [0, 0.1) is 0 Å². The van der Waals surface area contributed by atoms with Crippen LogP contribution in [0.5, 0.6) is 11.5 Å². The van der Waals surface area contributed by atoms with E-state index in [1.165, 1.54) is 30.2 Å². The highest BCUT2D eigenvalue weighted by atomic mass is 19.3. The Morgan fingerprint density at radius 1 is 1.10 bits per heavy atom. The summed E-state index contributed by atoms with van der Waals surface area (Å²) in [4.78, 5) is 36.6. The molecule has 0 unspecified atom stereocenters. The van der Waals surface area contributed by atoms with E-state index in [2.05, 4.69) is 14.6 Å². The Kier molecular flexibility index (Phi) is 6.45. The molecule has 3 aliphatic rings. The Morgan fingerprint density at radius 2 is 1.90 bits per heavy atom. The van der Waals surface area contributed by atoms with E-state index in [4.69, 9.17) is 0 Å². The number of nitrogens with zero attached hydrogens (tertiary/aromatic N) is 3. The van der Waals surface area contributed by atoms with E-state index >= 15 is 0 Å². The molecule has 2 fully saturated rings. The van der Waals surface area contributed by atoms with Crippen LogP contribution in [0.1, 0.15) is 55.5 Å². The van der Waals surface area contributed by atoms with Crippen molar-refractivity contribution in [2.24, 2.45) is 0 Å². The number of piperidine rings is 1. The highest BCUT2D eigenvalue weighted by molar-refractivity contribution is 6.08. The monoisotopic (exact) mass is 538 g/mol. The summed E-state index contributed by atoms with van der Waals surface area (Å²) in [7, 11) is 0. The van der Waals surface area contributed by atoms with Crippen LogP contribution in [0.4, 0.5) is 13.6 Å². The Balaban J connectivity index is 1.39. The normalized spacial score (nSPS) is 23.5. The van der Waals surface area contributed by atoms with Crippen LogP contribution in [0.2, 0.25) is 0 Å². The fourth-order valence-electron chi connectivity index (χ4n) is 6.54. The molecule has 2 atom stereocenters. The van der Waals surface area contributed by atoms with Gasteiger partial charge < -0.3 is 19.7 Å². The predicted octanol–water partition coefficient (Wildman–Crippen LogP) is 5.02. The van der Waals surface area contributed by atoms with Gasteiger partial charge in [-0.2, -0.15) is 8.78 Å². The number of nitrogens with one attached hydrogen (secondary N) is 1. The maximum Gasteiger partial charge on any atom is 0.387 e. The number of carbonyl (C=O) groups is 2. The van der Waals surface area contributed by atoms with Gasteiger partial charge in [-0.25, -0.2) is 4.79 Å². The molecule has 3 aromatic rings. The molecule has 39 heavy (non-hydrogen) atoms. The molecule has 206 valence electrons. The number of imide groups is 1. The second-order valence-electron chi connectivity index (χ2n) is 10.9. The van der Waals surface area contributed by atoms with E-state index in [0.717, 1.165) is 25.2 Å². The lowest BCUT2D eigenvalue weighted by Gasteiger charge is -2.42. The maximum atomic E-state index is 13.9. The number of phenols is 1.